The van der Waals surface area contributed by atoms with Crippen LogP contribution in [-0.2, 0) is 0 Å². The molecule has 19 heavy (non-hydrogen) atoms. The number of rotatable bonds is 1. The minimum Gasteiger partial charge on any atom is -0.383 e. The number of aryl methyl sites for hydroxylation is 1. The summed E-state index contributed by atoms with van der Waals surface area (Å²) in [6.45, 7) is 4.17. The molecule has 0 bridgehead atoms. The maximum atomic E-state index is 6.17. The highest BCUT2D eigenvalue weighted by molar-refractivity contribution is 6.33. The maximum absolute atomic E-state index is 6.17. The number of halogens is 1. The van der Waals surface area contributed by atoms with Crippen molar-refractivity contribution in [3.8, 4) is 0 Å². The van der Waals surface area contributed by atoms with Gasteiger partial charge < -0.3 is 5.73 Å². The molecule has 0 amide bonds. The summed E-state index contributed by atoms with van der Waals surface area (Å²) in [6.07, 6.45) is 2.21. The van der Waals surface area contributed by atoms with E-state index >= 15 is 0 Å². The van der Waals surface area contributed by atoms with Gasteiger partial charge in [0.15, 0.2) is 0 Å². The fourth-order valence-corrected chi connectivity index (χ4v) is 3.14. The smallest absolute Gasteiger partial charge is 0.141 e. The zero-order valence-electron chi connectivity index (χ0n) is 11.2. The second-order valence-corrected chi connectivity index (χ2v) is 5.73. The molecular weight excluding hydrogens is 258 g/mol. The van der Waals surface area contributed by atoms with Gasteiger partial charge in [0, 0.05) is 0 Å². The van der Waals surface area contributed by atoms with Gasteiger partial charge in [-0.25, -0.2) is 4.68 Å². The topological polar surface area (TPSA) is 43.8 Å². The van der Waals surface area contributed by atoms with Gasteiger partial charge >= 0.3 is 0 Å². The number of hydrogen-bond donors (Lipinski definition) is 1. The van der Waals surface area contributed by atoms with Crippen molar-refractivity contribution < 1.29 is 0 Å². The third kappa shape index (κ3) is 1.93. The van der Waals surface area contributed by atoms with Gasteiger partial charge in [-0.1, -0.05) is 42.8 Å². The summed E-state index contributed by atoms with van der Waals surface area (Å²) < 4.78 is 1.89. The van der Waals surface area contributed by atoms with Crippen LogP contribution in [0.5, 0.6) is 0 Å². The van der Waals surface area contributed by atoms with E-state index in [-0.39, 0.29) is 6.04 Å². The molecule has 2 atom stereocenters. The Balaban J connectivity index is 2.12. The molecule has 1 aromatic heterocycles. The second kappa shape index (κ2) is 4.57. The number of fused-ring (bicyclic) bond motifs is 1. The zero-order chi connectivity index (χ0) is 13.6. The highest BCUT2D eigenvalue weighted by atomic mass is 35.5. The fourth-order valence-electron chi connectivity index (χ4n) is 3.02. The summed E-state index contributed by atoms with van der Waals surface area (Å²) in [5, 5.41) is 5.10. The van der Waals surface area contributed by atoms with Crippen molar-refractivity contribution in [2.75, 3.05) is 5.73 Å². The standard InChI is InChI=1S/C15H18ClN3/c1-9-7-8-13(12-6-4-3-5-11(9)12)19-15(17)14(16)10(2)18-19/h3-6,9,13H,7-8,17H2,1-2H3. The Morgan fingerprint density at radius 2 is 1.95 bits per heavy atom. The number of hydrogen-bond acceptors (Lipinski definition) is 2. The number of benzene rings is 1. The Hall–Kier alpha value is -1.48. The molecular formula is C15H18ClN3. The lowest BCUT2D eigenvalue weighted by Gasteiger charge is -2.30. The van der Waals surface area contributed by atoms with Crippen LogP contribution in [0.15, 0.2) is 24.3 Å². The lowest BCUT2D eigenvalue weighted by molar-refractivity contribution is 0.427. The molecule has 1 aromatic carbocycles. The first-order valence-corrected chi connectivity index (χ1v) is 7.06. The van der Waals surface area contributed by atoms with Crippen molar-refractivity contribution in [1.82, 2.24) is 9.78 Å². The van der Waals surface area contributed by atoms with Gasteiger partial charge in [0.2, 0.25) is 0 Å². The number of nitrogen functional groups attached to an aromatic ring is 1. The zero-order valence-corrected chi connectivity index (χ0v) is 12.0. The molecule has 0 radical (unpaired) electrons. The molecule has 100 valence electrons. The van der Waals surface area contributed by atoms with E-state index in [1.807, 2.05) is 11.6 Å². The first-order chi connectivity index (χ1) is 9.09. The van der Waals surface area contributed by atoms with Crippen molar-refractivity contribution in [3.05, 3.63) is 46.1 Å². The molecule has 0 saturated carbocycles. The minimum absolute atomic E-state index is 0.207. The van der Waals surface area contributed by atoms with Gasteiger partial charge in [0.1, 0.15) is 10.8 Å². The van der Waals surface area contributed by atoms with Gasteiger partial charge in [0.25, 0.3) is 0 Å². The van der Waals surface area contributed by atoms with E-state index < -0.39 is 0 Å². The summed E-state index contributed by atoms with van der Waals surface area (Å²) >= 11 is 6.17. The maximum Gasteiger partial charge on any atom is 0.141 e. The summed E-state index contributed by atoms with van der Waals surface area (Å²) in [4.78, 5) is 0. The van der Waals surface area contributed by atoms with Crippen LogP contribution in [0.25, 0.3) is 0 Å². The van der Waals surface area contributed by atoms with Crippen LogP contribution in [0, 0.1) is 6.92 Å². The van der Waals surface area contributed by atoms with Gasteiger partial charge in [-0.15, -0.1) is 0 Å². The molecule has 2 N–H and O–H groups in total. The quantitative estimate of drug-likeness (QED) is 0.857. The first-order valence-electron chi connectivity index (χ1n) is 6.68. The van der Waals surface area contributed by atoms with E-state index in [1.54, 1.807) is 0 Å². The average molecular weight is 276 g/mol. The molecule has 0 saturated heterocycles. The molecule has 3 nitrogen and oxygen atoms in total. The Kier molecular flexibility index (Phi) is 3.02. The van der Waals surface area contributed by atoms with Gasteiger partial charge in [0.05, 0.1) is 11.7 Å². The van der Waals surface area contributed by atoms with Crippen LogP contribution in [0.3, 0.4) is 0 Å². The van der Waals surface area contributed by atoms with Crippen LogP contribution in [0.4, 0.5) is 5.82 Å². The van der Waals surface area contributed by atoms with Crippen molar-refractivity contribution >= 4 is 17.4 Å². The fraction of sp³-hybridized carbons (Fsp3) is 0.400. The van der Waals surface area contributed by atoms with E-state index in [2.05, 4.69) is 36.3 Å². The van der Waals surface area contributed by atoms with Crippen LogP contribution in [0.2, 0.25) is 5.02 Å². The van der Waals surface area contributed by atoms with Gasteiger partial charge in [-0.05, 0) is 36.8 Å². The van der Waals surface area contributed by atoms with E-state index in [0.717, 1.165) is 18.5 Å². The number of anilines is 1. The third-order valence-corrected chi connectivity index (χ3v) is 4.57. The largest absolute Gasteiger partial charge is 0.383 e. The van der Waals surface area contributed by atoms with Crippen LogP contribution < -0.4 is 5.73 Å². The summed E-state index contributed by atoms with van der Waals surface area (Å²) in [5.41, 5.74) is 9.63. The molecule has 2 aromatic rings. The minimum atomic E-state index is 0.207. The van der Waals surface area contributed by atoms with Gasteiger partial charge in [-0.3, -0.25) is 0 Å². The van der Waals surface area contributed by atoms with Gasteiger partial charge in [-0.2, -0.15) is 5.10 Å². The van der Waals surface area contributed by atoms with Crippen LogP contribution >= 0.6 is 11.6 Å². The lowest BCUT2D eigenvalue weighted by Crippen LogP contribution is -2.21. The molecule has 1 heterocycles. The highest BCUT2D eigenvalue weighted by Crippen LogP contribution is 2.41. The van der Waals surface area contributed by atoms with E-state index in [0.29, 0.717) is 16.8 Å². The second-order valence-electron chi connectivity index (χ2n) is 5.35. The van der Waals surface area contributed by atoms with Crippen LogP contribution in [-0.4, -0.2) is 9.78 Å². The molecule has 1 aliphatic rings. The lowest BCUT2D eigenvalue weighted by atomic mass is 9.81. The SMILES string of the molecule is Cc1nn(C2CCC(C)c3ccccc32)c(N)c1Cl. The predicted molar refractivity (Wildman–Crippen MR) is 78.6 cm³/mol. The van der Waals surface area contributed by atoms with Crippen molar-refractivity contribution in [1.29, 1.82) is 0 Å². The Morgan fingerprint density at radius 1 is 1.26 bits per heavy atom. The van der Waals surface area contributed by atoms with Crippen molar-refractivity contribution in [2.24, 2.45) is 0 Å². The Morgan fingerprint density at radius 3 is 2.58 bits per heavy atom. The predicted octanol–water partition coefficient (Wildman–Crippen LogP) is 3.91. The Labute approximate surface area is 118 Å². The van der Waals surface area contributed by atoms with E-state index in [4.69, 9.17) is 17.3 Å². The first kappa shape index (κ1) is 12.5. The molecule has 3 rings (SSSR count). The molecule has 4 heteroatoms. The van der Waals surface area contributed by atoms with Crippen LogP contribution in [0.1, 0.15) is 48.5 Å². The number of nitrogens with zero attached hydrogens (tertiary/aromatic N) is 2. The van der Waals surface area contributed by atoms with Crippen molar-refractivity contribution in [2.45, 2.75) is 38.6 Å². The average Bonchev–Trinajstić information content (AvgIpc) is 2.67. The number of aromatic nitrogens is 2. The molecule has 0 spiro atoms. The van der Waals surface area contributed by atoms with E-state index in [9.17, 15) is 0 Å². The summed E-state index contributed by atoms with van der Waals surface area (Å²) in [5.74, 6) is 1.18. The Bertz CT molecular complexity index is 618. The monoisotopic (exact) mass is 275 g/mol. The molecule has 1 aliphatic carbocycles. The normalized spacial score (nSPS) is 22.3. The summed E-state index contributed by atoms with van der Waals surface area (Å²) in [7, 11) is 0. The third-order valence-electron chi connectivity index (χ3n) is 4.10. The molecule has 0 fully saturated rings. The summed E-state index contributed by atoms with van der Waals surface area (Å²) in [6, 6.07) is 8.78. The number of nitrogens with two attached hydrogens (primary N) is 1. The molecule has 2 unspecified atom stereocenters. The highest BCUT2D eigenvalue weighted by Gasteiger charge is 2.28. The molecule has 0 aliphatic heterocycles. The van der Waals surface area contributed by atoms with E-state index in [1.165, 1.54) is 11.1 Å². The van der Waals surface area contributed by atoms with Crippen molar-refractivity contribution in [3.63, 3.8) is 0 Å².